The molecule has 2 fully saturated rings. The van der Waals surface area contributed by atoms with Crippen LogP contribution in [0.5, 0.6) is 0 Å². The maximum Gasteiger partial charge on any atom is 0.306 e. The lowest BCUT2D eigenvalue weighted by Crippen LogP contribution is -2.46. The zero-order chi connectivity index (χ0) is 13.7. The van der Waals surface area contributed by atoms with Gasteiger partial charge in [0.05, 0.1) is 25.2 Å². The molecule has 0 bridgehead atoms. The van der Waals surface area contributed by atoms with Gasteiger partial charge in [0.2, 0.25) is 5.91 Å². The van der Waals surface area contributed by atoms with Crippen LogP contribution in [0.2, 0.25) is 0 Å². The molecule has 2 aliphatic heterocycles. The first-order valence-corrected chi connectivity index (χ1v) is 6.88. The summed E-state index contributed by atoms with van der Waals surface area (Å²) in [6, 6.07) is 0. The van der Waals surface area contributed by atoms with Crippen molar-refractivity contribution in [3.63, 3.8) is 0 Å². The van der Waals surface area contributed by atoms with Crippen LogP contribution in [0.3, 0.4) is 0 Å². The Kier molecular flexibility index (Phi) is 5.15. The summed E-state index contributed by atoms with van der Waals surface area (Å²) in [5.74, 6) is -0.812. The fourth-order valence-corrected chi connectivity index (χ4v) is 2.58. The molecule has 2 atom stereocenters. The molecule has 19 heavy (non-hydrogen) atoms. The highest BCUT2D eigenvalue weighted by atomic mass is 16.5. The summed E-state index contributed by atoms with van der Waals surface area (Å²) in [7, 11) is 0. The van der Waals surface area contributed by atoms with Gasteiger partial charge in [-0.1, -0.05) is 0 Å². The van der Waals surface area contributed by atoms with E-state index in [0.717, 1.165) is 25.9 Å². The first-order chi connectivity index (χ1) is 9.15. The zero-order valence-electron chi connectivity index (χ0n) is 11.0. The van der Waals surface area contributed by atoms with Crippen LogP contribution in [-0.4, -0.2) is 60.4 Å². The number of carbonyl (C=O) groups excluding carboxylic acids is 1. The van der Waals surface area contributed by atoms with Crippen LogP contribution in [0.15, 0.2) is 0 Å². The molecular weight excluding hydrogens is 250 g/mol. The average molecular weight is 271 g/mol. The molecule has 0 saturated carbocycles. The van der Waals surface area contributed by atoms with E-state index in [-0.39, 0.29) is 24.5 Å². The lowest BCUT2D eigenvalue weighted by Gasteiger charge is -2.32. The third kappa shape index (κ3) is 4.47. The Bertz CT molecular complexity index is 327. The van der Waals surface area contributed by atoms with Gasteiger partial charge >= 0.3 is 5.97 Å². The number of ether oxygens (including phenoxy) is 2. The van der Waals surface area contributed by atoms with Crippen molar-refractivity contribution in [3.05, 3.63) is 0 Å². The first-order valence-electron chi connectivity index (χ1n) is 6.88. The largest absolute Gasteiger partial charge is 0.481 e. The predicted molar refractivity (Wildman–Crippen MR) is 66.8 cm³/mol. The molecule has 0 aliphatic carbocycles. The van der Waals surface area contributed by atoms with Gasteiger partial charge in [-0.25, -0.2) is 0 Å². The van der Waals surface area contributed by atoms with Crippen molar-refractivity contribution in [2.75, 3.05) is 26.3 Å². The first kappa shape index (κ1) is 14.3. The van der Waals surface area contributed by atoms with Crippen molar-refractivity contribution in [2.24, 2.45) is 0 Å². The van der Waals surface area contributed by atoms with Gasteiger partial charge in [0.1, 0.15) is 0 Å². The molecule has 2 aliphatic rings. The average Bonchev–Trinajstić information content (AvgIpc) is 2.88. The standard InChI is InChI=1S/C13H21NO5/c15-12(4-3-10-2-1-6-18-10)14-5-7-19-11(9-14)8-13(16)17/h10-11H,1-9H2,(H,16,17). The second-order valence-corrected chi connectivity index (χ2v) is 5.10. The van der Waals surface area contributed by atoms with E-state index in [9.17, 15) is 9.59 Å². The highest BCUT2D eigenvalue weighted by molar-refractivity contribution is 5.76. The number of carboxylic acid groups (broad SMARTS) is 1. The Hall–Kier alpha value is -1.14. The molecule has 0 radical (unpaired) electrons. The molecule has 0 aromatic carbocycles. The molecule has 1 N–H and O–H groups in total. The molecule has 6 nitrogen and oxygen atoms in total. The lowest BCUT2D eigenvalue weighted by atomic mass is 10.1. The van der Waals surface area contributed by atoms with E-state index in [1.54, 1.807) is 4.90 Å². The molecule has 2 unspecified atom stereocenters. The highest BCUT2D eigenvalue weighted by Gasteiger charge is 2.26. The second-order valence-electron chi connectivity index (χ2n) is 5.10. The molecule has 0 spiro atoms. The predicted octanol–water partition coefficient (Wildman–Crippen LogP) is 0.648. The maximum absolute atomic E-state index is 12.1. The van der Waals surface area contributed by atoms with Crippen LogP contribution < -0.4 is 0 Å². The van der Waals surface area contributed by atoms with Gasteiger partial charge in [-0.3, -0.25) is 9.59 Å². The van der Waals surface area contributed by atoms with E-state index in [1.165, 1.54) is 0 Å². The van der Waals surface area contributed by atoms with E-state index in [1.807, 2.05) is 0 Å². The number of aliphatic carboxylic acids is 1. The monoisotopic (exact) mass is 271 g/mol. The molecule has 0 aromatic rings. The quantitative estimate of drug-likeness (QED) is 0.794. The van der Waals surface area contributed by atoms with Gasteiger partial charge in [-0.15, -0.1) is 0 Å². The van der Waals surface area contributed by atoms with Crippen molar-refractivity contribution in [1.82, 2.24) is 4.90 Å². The summed E-state index contributed by atoms with van der Waals surface area (Å²) in [5, 5.41) is 8.74. The van der Waals surface area contributed by atoms with E-state index >= 15 is 0 Å². The zero-order valence-corrected chi connectivity index (χ0v) is 11.0. The Morgan fingerprint density at radius 3 is 2.68 bits per heavy atom. The van der Waals surface area contributed by atoms with Crippen LogP contribution in [0.4, 0.5) is 0 Å². The SMILES string of the molecule is O=C(O)CC1CN(C(=O)CCC2CCCO2)CCO1. The summed E-state index contributed by atoms with van der Waals surface area (Å²) < 4.78 is 10.8. The van der Waals surface area contributed by atoms with Crippen molar-refractivity contribution in [3.8, 4) is 0 Å². The number of morpholine rings is 1. The van der Waals surface area contributed by atoms with Gasteiger partial charge in [0.25, 0.3) is 0 Å². The molecule has 0 aromatic heterocycles. The minimum atomic E-state index is -0.890. The third-order valence-electron chi connectivity index (χ3n) is 3.60. The third-order valence-corrected chi connectivity index (χ3v) is 3.60. The Morgan fingerprint density at radius 2 is 2.00 bits per heavy atom. The number of hydrogen-bond donors (Lipinski definition) is 1. The van der Waals surface area contributed by atoms with Crippen LogP contribution in [0.25, 0.3) is 0 Å². The summed E-state index contributed by atoms with van der Waals surface area (Å²) in [4.78, 5) is 24.4. The van der Waals surface area contributed by atoms with Crippen LogP contribution in [0, 0.1) is 0 Å². The van der Waals surface area contributed by atoms with E-state index in [0.29, 0.717) is 26.1 Å². The van der Waals surface area contributed by atoms with Crippen LogP contribution in [-0.2, 0) is 19.1 Å². The van der Waals surface area contributed by atoms with Crippen molar-refractivity contribution in [2.45, 2.75) is 44.3 Å². The fraction of sp³-hybridized carbons (Fsp3) is 0.846. The molecule has 1 amide bonds. The fourth-order valence-electron chi connectivity index (χ4n) is 2.58. The molecular formula is C13H21NO5. The van der Waals surface area contributed by atoms with Gasteiger partial charge in [0.15, 0.2) is 0 Å². The molecule has 2 heterocycles. The number of nitrogens with zero attached hydrogens (tertiary/aromatic N) is 1. The number of hydrogen-bond acceptors (Lipinski definition) is 4. The minimum absolute atomic E-state index is 0.0461. The highest BCUT2D eigenvalue weighted by Crippen LogP contribution is 2.18. The number of carboxylic acids is 1. The van der Waals surface area contributed by atoms with Gasteiger partial charge in [-0.2, -0.15) is 0 Å². The summed E-state index contributed by atoms with van der Waals surface area (Å²) >= 11 is 0. The van der Waals surface area contributed by atoms with Crippen molar-refractivity contribution >= 4 is 11.9 Å². The van der Waals surface area contributed by atoms with Gasteiger partial charge in [-0.05, 0) is 19.3 Å². The number of rotatable bonds is 5. The van der Waals surface area contributed by atoms with Gasteiger partial charge < -0.3 is 19.5 Å². The molecule has 2 rings (SSSR count). The molecule has 6 heteroatoms. The second kappa shape index (κ2) is 6.86. The minimum Gasteiger partial charge on any atom is -0.481 e. The number of amides is 1. The lowest BCUT2D eigenvalue weighted by molar-refractivity contribution is -0.147. The molecule has 108 valence electrons. The smallest absolute Gasteiger partial charge is 0.306 e. The summed E-state index contributed by atoms with van der Waals surface area (Å²) in [5.41, 5.74) is 0. The van der Waals surface area contributed by atoms with Crippen LogP contribution >= 0.6 is 0 Å². The number of carbonyl (C=O) groups is 2. The van der Waals surface area contributed by atoms with Gasteiger partial charge in [0, 0.05) is 26.1 Å². The normalized spacial score (nSPS) is 27.5. The van der Waals surface area contributed by atoms with E-state index in [4.69, 9.17) is 14.6 Å². The maximum atomic E-state index is 12.1. The van der Waals surface area contributed by atoms with Crippen molar-refractivity contribution < 1.29 is 24.2 Å². The Labute approximate surface area is 112 Å². The van der Waals surface area contributed by atoms with E-state index in [2.05, 4.69) is 0 Å². The Morgan fingerprint density at radius 1 is 1.21 bits per heavy atom. The van der Waals surface area contributed by atoms with E-state index < -0.39 is 5.97 Å². The van der Waals surface area contributed by atoms with Crippen molar-refractivity contribution in [1.29, 1.82) is 0 Å². The molecule has 2 saturated heterocycles. The summed E-state index contributed by atoms with van der Waals surface area (Å²) in [6.07, 6.45) is 3.16. The topological polar surface area (TPSA) is 76.1 Å². The Balaban J connectivity index is 1.73. The van der Waals surface area contributed by atoms with Crippen LogP contribution in [0.1, 0.15) is 32.1 Å². The summed E-state index contributed by atoms with van der Waals surface area (Å²) in [6.45, 7) is 2.16.